The van der Waals surface area contributed by atoms with Gasteiger partial charge in [0.1, 0.15) is 5.75 Å². The monoisotopic (exact) mass is 310 g/mol. The molecular weight excluding hydrogens is 300 g/mol. The van der Waals surface area contributed by atoms with E-state index in [4.69, 9.17) is 4.63 Å². The third-order valence-corrected chi connectivity index (χ3v) is 3.07. The highest BCUT2D eigenvalue weighted by Crippen LogP contribution is 2.27. The summed E-state index contributed by atoms with van der Waals surface area (Å²) in [5, 5.41) is 28.0. The molecule has 0 amide bonds. The van der Waals surface area contributed by atoms with Crippen LogP contribution in [0.1, 0.15) is 5.56 Å². The minimum absolute atomic E-state index is 0.128. The fraction of sp³-hybridized carbons (Fsp3) is 0. The van der Waals surface area contributed by atoms with E-state index in [1.807, 2.05) is 30.3 Å². The minimum atomic E-state index is -0.552. The third kappa shape index (κ3) is 3.05. The Bertz CT molecular complexity index is 874. The van der Waals surface area contributed by atoms with Gasteiger partial charge in [0, 0.05) is 29.5 Å². The van der Waals surface area contributed by atoms with Crippen molar-refractivity contribution in [1.29, 1.82) is 0 Å². The number of aliphatic imine (C=N–C) groups is 1. The largest absolute Gasteiger partial charge is 0.507 e. The van der Waals surface area contributed by atoms with Gasteiger partial charge in [-0.05, 0) is 16.4 Å². The number of benzene rings is 2. The lowest BCUT2D eigenvalue weighted by Gasteiger charge is -1.98. The standard InChI is InChI=1S/C15H10N4O4/c20-13-7-6-12(19(21)22)8-11(13)9-16-15-14(17-23-18-15)10-4-2-1-3-5-10/h1-9,20H. The first kappa shape index (κ1) is 14.4. The van der Waals surface area contributed by atoms with Gasteiger partial charge in [0.25, 0.3) is 5.69 Å². The molecule has 0 aliphatic carbocycles. The van der Waals surface area contributed by atoms with Crippen LogP contribution in [0.25, 0.3) is 11.3 Å². The van der Waals surface area contributed by atoms with Crippen LogP contribution in [-0.4, -0.2) is 26.6 Å². The summed E-state index contributed by atoms with van der Waals surface area (Å²) in [6.07, 6.45) is 1.27. The van der Waals surface area contributed by atoms with Crippen LogP contribution >= 0.6 is 0 Å². The Balaban J connectivity index is 1.95. The van der Waals surface area contributed by atoms with Gasteiger partial charge in [-0.15, -0.1) is 0 Å². The highest BCUT2D eigenvalue weighted by Gasteiger charge is 2.12. The molecule has 0 saturated heterocycles. The number of nitro groups is 1. The number of hydrogen-bond acceptors (Lipinski definition) is 7. The second-order valence-corrected chi connectivity index (χ2v) is 4.56. The summed E-state index contributed by atoms with van der Waals surface area (Å²) in [5.41, 5.74) is 1.25. The van der Waals surface area contributed by atoms with E-state index in [9.17, 15) is 15.2 Å². The second kappa shape index (κ2) is 6.06. The number of non-ortho nitro benzene ring substituents is 1. The molecule has 3 aromatic rings. The van der Waals surface area contributed by atoms with Crippen molar-refractivity contribution < 1.29 is 14.7 Å². The van der Waals surface area contributed by atoms with Crippen molar-refractivity contribution in [2.45, 2.75) is 0 Å². The van der Waals surface area contributed by atoms with Gasteiger partial charge in [0.15, 0.2) is 5.69 Å². The number of hydrogen-bond donors (Lipinski definition) is 1. The van der Waals surface area contributed by atoms with Gasteiger partial charge in [-0.1, -0.05) is 30.3 Å². The SMILES string of the molecule is O=[N+]([O-])c1ccc(O)c(C=Nc2nonc2-c2ccccc2)c1. The minimum Gasteiger partial charge on any atom is -0.507 e. The van der Waals surface area contributed by atoms with E-state index in [1.165, 1.54) is 24.4 Å². The second-order valence-electron chi connectivity index (χ2n) is 4.56. The predicted molar refractivity (Wildman–Crippen MR) is 81.7 cm³/mol. The highest BCUT2D eigenvalue weighted by molar-refractivity contribution is 5.87. The lowest BCUT2D eigenvalue weighted by atomic mass is 10.1. The fourth-order valence-corrected chi connectivity index (χ4v) is 1.94. The Hall–Kier alpha value is -3.55. The van der Waals surface area contributed by atoms with Crippen LogP contribution in [0.3, 0.4) is 0 Å². The molecule has 0 saturated carbocycles. The average molecular weight is 310 g/mol. The molecule has 1 aromatic heterocycles. The molecule has 0 aliphatic rings. The van der Waals surface area contributed by atoms with Crippen LogP contribution < -0.4 is 0 Å². The van der Waals surface area contributed by atoms with Crippen molar-refractivity contribution in [3.05, 3.63) is 64.2 Å². The number of phenols is 1. The van der Waals surface area contributed by atoms with Crippen LogP contribution in [0.5, 0.6) is 5.75 Å². The maximum absolute atomic E-state index is 10.8. The van der Waals surface area contributed by atoms with Gasteiger partial charge in [-0.3, -0.25) is 10.1 Å². The summed E-state index contributed by atoms with van der Waals surface area (Å²) in [6.45, 7) is 0. The lowest BCUT2D eigenvalue weighted by molar-refractivity contribution is -0.384. The molecule has 2 aromatic carbocycles. The van der Waals surface area contributed by atoms with Gasteiger partial charge < -0.3 is 5.11 Å². The zero-order valence-electron chi connectivity index (χ0n) is 11.7. The molecule has 0 bridgehead atoms. The smallest absolute Gasteiger partial charge is 0.270 e. The Labute approximate surface area is 129 Å². The molecule has 0 atom stereocenters. The molecule has 0 unspecified atom stereocenters. The predicted octanol–water partition coefficient (Wildman–Crippen LogP) is 3.10. The molecule has 114 valence electrons. The normalized spacial score (nSPS) is 11.0. The van der Waals surface area contributed by atoms with Crippen molar-refractivity contribution >= 4 is 17.7 Å². The molecule has 0 fully saturated rings. The first-order chi connectivity index (χ1) is 11.1. The van der Waals surface area contributed by atoms with Gasteiger partial charge in [-0.25, -0.2) is 9.62 Å². The van der Waals surface area contributed by atoms with E-state index in [1.54, 1.807) is 0 Å². The first-order valence-electron chi connectivity index (χ1n) is 6.54. The van der Waals surface area contributed by atoms with Crippen LogP contribution in [0.2, 0.25) is 0 Å². The summed E-state index contributed by atoms with van der Waals surface area (Å²) in [5.74, 6) is 0.0826. The number of aromatic hydroxyl groups is 1. The van der Waals surface area contributed by atoms with Crippen LogP contribution in [0.4, 0.5) is 11.5 Å². The third-order valence-electron chi connectivity index (χ3n) is 3.07. The Morgan fingerprint density at radius 3 is 2.70 bits per heavy atom. The Morgan fingerprint density at radius 1 is 1.17 bits per heavy atom. The van der Waals surface area contributed by atoms with E-state index in [2.05, 4.69) is 15.3 Å². The van der Waals surface area contributed by atoms with E-state index < -0.39 is 4.92 Å². The van der Waals surface area contributed by atoms with Crippen molar-refractivity contribution in [2.75, 3.05) is 0 Å². The van der Waals surface area contributed by atoms with E-state index in [0.717, 1.165) is 5.56 Å². The Morgan fingerprint density at radius 2 is 1.96 bits per heavy atom. The Kier molecular flexibility index (Phi) is 3.79. The first-order valence-corrected chi connectivity index (χ1v) is 6.54. The van der Waals surface area contributed by atoms with E-state index >= 15 is 0 Å². The molecule has 0 radical (unpaired) electrons. The van der Waals surface area contributed by atoms with Crippen LogP contribution in [0.15, 0.2) is 58.2 Å². The van der Waals surface area contributed by atoms with Crippen molar-refractivity contribution in [3.8, 4) is 17.0 Å². The van der Waals surface area contributed by atoms with Gasteiger partial charge in [0.05, 0.1) is 4.92 Å². The number of phenolic OH excluding ortho intramolecular Hbond substituents is 1. The summed E-state index contributed by atoms with van der Waals surface area (Å²) >= 11 is 0. The zero-order chi connectivity index (χ0) is 16.2. The van der Waals surface area contributed by atoms with E-state index in [-0.39, 0.29) is 22.8 Å². The van der Waals surface area contributed by atoms with Gasteiger partial charge in [0.2, 0.25) is 5.82 Å². The number of nitro benzene ring substituents is 1. The molecule has 23 heavy (non-hydrogen) atoms. The molecule has 1 heterocycles. The van der Waals surface area contributed by atoms with Gasteiger partial charge in [-0.2, -0.15) is 0 Å². The van der Waals surface area contributed by atoms with Crippen molar-refractivity contribution in [2.24, 2.45) is 4.99 Å². The van der Waals surface area contributed by atoms with E-state index in [0.29, 0.717) is 5.69 Å². The molecule has 0 spiro atoms. The summed E-state index contributed by atoms with van der Waals surface area (Å²) in [7, 11) is 0. The number of rotatable bonds is 4. The van der Waals surface area contributed by atoms with Gasteiger partial charge >= 0.3 is 0 Å². The molecule has 8 nitrogen and oxygen atoms in total. The van der Waals surface area contributed by atoms with Crippen LogP contribution in [0, 0.1) is 10.1 Å². The van der Waals surface area contributed by atoms with Crippen LogP contribution in [-0.2, 0) is 0 Å². The number of aromatic nitrogens is 2. The molecule has 3 rings (SSSR count). The maximum Gasteiger partial charge on any atom is 0.270 e. The summed E-state index contributed by atoms with van der Waals surface area (Å²) < 4.78 is 4.70. The zero-order valence-corrected chi connectivity index (χ0v) is 11.7. The highest BCUT2D eigenvalue weighted by atomic mass is 16.6. The lowest BCUT2D eigenvalue weighted by Crippen LogP contribution is -1.90. The quantitative estimate of drug-likeness (QED) is 0.450. The average Bonchev–Trinajstić information content (AvgIpc) is 3.03. The summed E-state index contributed by atoms with van der Waals surface area (Å²) in [4.78, 5) is 14.3. The fourth-order valence-electron chi connectivity index (χ4n) is 1.94. The maximum atomic E-state index is 10.8. The number of nitrogens with zero attached hydrogens (tertiary/aromatic N) is 4. The topological polar surface area (TPSA) is 115 Å². The van der Waals surface area contributed by atoms with Crippen molar-refractivity contribution in [1.82, 2.24) is 10.3 Å². The molecule has 8 heteroatoms. The molecular formula is C15H10N4O4. The molecule has 1 N–H and O–H groups in total. The summed E-state index contributed by atoms with van der Waals surface area (Å²) in [6, 6.07) is 12.8. The molecule has 0 aliphatic heterocycles. The van der Waals surface area contributed by atoms with Crippen molar-refractivity contribution in [3.63, 3.8) is 0 Å².